The normalized spacial score (nSPS) is 10.1. The number of terminal acetylenes is 1. The molecule has 0 aliphatic carbocycles. The molecular weight excluding hydrogens is 184 g/mol. The Hall–Kier alpha value is -1.70. The standard InChI is InChI=1S/C9H14N2O3/c1-4-9(2,3)11-8(14)10-6-5-7(12)13/h1H,5-6H2,2-3H3,(H,12,13)(H2,10,11,14). The largest absolute Gasteiger partial charge is 0.481 e. The van der Waals surface area contributed by atoms with Crippen LogP contribution in [0.5, 0.6) is 0 Å². The fourth-order valence-electron chi connectivity index (χ4n) is 0.647. The molecule has 0 unspecified atom stereocenters. The summed E-state index contributed by atoms with van der Waals surface area (Å²) in [6.45, 7) is 3.43. The highest BCUT2D eigenvalue weighted by atomic mass is 16.4. The zero-order valence-electron chi connectivity index (χ0n) is 8.26. The third-order valence-corrected chi connectivity index (χ3v) is 1.41. The number of hydrogen-bond donors (Lipinski definition) is 3. The van der Waals surface area contributed by atoms with E-state index < -0.39 is 17.5 Å². The van der Waals surface area contributed by atoms with Crippen molar-refractivity contribution in [3.05, 3.63) is 0 Å². The monoisotopic (exact) mass is 198 g/mol. The molecule has 5 heteroatoms. The second-order valence-corrected chi connectivity index (χ2v) is 3.29. The van der Waals surface area contributed by atoms with Crippen LogP contribution < -0.4 is 10.6 Å². The van der Waals surface area contributed by atoms with Gasteiger partial charge in [-0.15, -0.1) is 6.42 Å². The highest BCUT2D eigenvalue weighted by Gasteiger charge is 2.16. The molecule has 0 aliphatic heterocycles. The van der Waals surface area contributed by atoms with E-state index in [0.29, 0.717) is 0 Å². The fourth-order valence-corrected chi connectivity index (χ4v) is 0.647. The summed E-state index contributed by atoms with van der Waals surface area (Å²) in [5.41, 5.74) is -0.729. The lowest BCUT2D eigenvalue weighted by atomic mass is 10.1. The molecule has 0 bridgehead atoms. The van der Waals surface area contributed by atoms with E-state index >= 15 is 0 Å². The summed E-state index contributed by atoms with van der Waals surface area (Å²) >= 11 is 0. The maximum atomic E-state index is 11.1. The highest BCUT2D eigenvalue weighted by Crippen LogP contribution is 1.97. The summed E-state index contributed by atoms with van der Waals surface area (Å²) < 4.78 is 0. The molecule has 0 atom stereocenters. The van der Waals surface area contributed by atoms with Crippen LogP contribution in [0.1, 0.15) is 20.3 Å². The quantitative estimate of drug-likeness (QED) is 0.563. The van der Waals surface area contributed by atoms with Crippen LogP contribution >= 0.6 is 0 Å². The molecule has 0 aromatic rings. The summed E-state index contributed by atoms with van der Waals surface area (Å²) in [4.78, 5) is 21.2. The topological polar surface area (TPSA) is 78.4 Å². The third-order valence-electron chi connectivity index (χ3n) is 1.41. The molecule has 0 fully saturated rings. The molecule has 3 N–H and O–H groups in total. The van der Waals surface area contributed by atoms with Crippen molar-refractivity contribution in [1.29, 1.82) is 0 Å². The van der Waals surface area contributed by atoms with Gasteiger partial charge in [0.2, 0.25) is 0 Å². The molecule has 0 rings (SSSR count). The molecule has 0 heterocycles. The van der Waals surface area contributed by atoms with Gasteiger partial charge in [-0.3, -0.25) is 4.79 Å². The van der Waals surface area contributed by atoms with Crippen molar-refractivity contribution in [2.75, 3.05) is 6.54 Å². The van der Waals surface area contributed by atoms with Gasteiger partial charge in [0, 0.05) is 6.54 Å². The Kier molecular flexibility index (Phi) is 4.50. The van der Waals surface area contributed by atoms with Gasteiger partial charge in [-0.25, -0.2) is 4.79 Å². The number of nitrogens with one attached hydrogen (secondary N) is 2. The molecule has 0 saturated carbocycles. The molecule has 0 aliphatic rings. The molecule has 0 radical (unpaired) electrons. The minimum Gasteiger partial charge on any atom is -0.481 e. The van der Waals surface area contributed by atoms with Crippen LogP contribution in [0.15, 0.2) is 0 Å². The minimum atomic E-state index is -0.957. The maximum Gasteiger partial charge on any atom is 0.315 e. The minimum absolute atomic E-state index is 0.0851. The number of carboxylic acids is 1. The van der Waals surface area contributed by atoms with Crippen molar-refractivity contribution < 1.29 is 14.7 Å². The Morgan fingerprint density at radius 3 is 2.50 bits per heavy atom. The summed E-state index contributed by atoms with van der Waals surface area (Å²) in [6, 6.07) is -0.464. The first kappa shape index (κ1) is 12.3. The number of hydrogen-bond acceptors (Lipinski definition) is 2. The Balaban J connectivity index is 3.78. The lowest BCUT2D eigenvalue weighted by Crippen LogP contribution is -2.47. The molecule has 0 aromatic heterocycles. The zero-order chi connectivity index (χ0) is 11.2. The first-order valence-corrected chi connectivity index (χ1v) is 4.13. The van der Waals surface area contributed by atoms with E-state index in [1.54, 1.807) is 13.8 Å². The van der Waals surface area contributed by atoms with Crippen molar-refractivity contribution in [3.8, 4) is 12.3 Å². The summed E-state index contributed by atoms with van der Waals surface area (Å²) in [5, 5.41) is 13.2. The van der Waals surface area contributed by atoms with Crippen LogP contribution in [0, 0.1) is 12.3 Å². The Labute approximate surface area is 82.9 Å². The highest BCUT2D eigenvalue weighted by molar-refractivity contribution is 5.76. The van der Waals surface area contributed by atoms with Crippen LogP contribution in [-0.4, -0.2) is 29.2 Å². The molecule has 78 valence electrons. The second-order valence-electron chi connectivity index (χ2n) is 3.29. The fraction of sp³-hybridized carbons (Fsp3) is 0.556. The van der Waals surface area contributed by atoms with Gasteiger partial charge in [-0.05, 0) is 13.8 Å². The molecular formula is C9H14N2O3. The van der Waals surface area contributed by atoms with Crippen LogP contribution in [0.3, 0.4) is 0 Å². The number of urea groups is 1. The number of aliphatic carboxylic acids is 1. The van der Waals surface area contributed by atoms with Gasteiger partial charge < -0.3 is 15.7 Å². The van der Waals surface area contributed by atoms with Crippen molar-refractivity contribution in [1.82, 2.24) is 10.6 Å². The SMILES string of the molecule is C#CC(C)(C)NC(=O)NCCC(=O)O. The predicted octanol–water partition coefficient (Wildman–Crippen LogP) is 0.172. The number of carboxylic acid groups (broad SMARTS) is 1. The number of rotatable bonds is 4. The van der Waals surface area contributed by atoms with Gasteiger partial charge >= 0.3 is 12.0 Å². The number of carbonyl (C=O) groups is 2. The zero-order valence-corrected chi connectivity index (χ0v) is 8.26. The van der Waals surface area contributed by atoms with Gasteiger partial charge in [0.25, 0.3) is 0 Å². The van der Waals surface area contributed by atoms with E-state index in [1.165, 1.54) is 0 Å². The molecule has 0 aromatic carbocycles. The summed E-state index contributed by atoms with van der Waals surface area (Å²) in [7, 11) is 0. The van der Waals surface area contributed by atoms with Crippen molar-refractivity contribution in [2.45, 2.75) is 25.8 Å². The van der Waals surface area contributed by atoms with E-state index in [1.807, 2.05) is 0 Å². The van der Waals surface area contributed by atoms with Crippen LogP contribution in [0.2, 0.25) is 0 Å². The summed E-state index contributed by atoms with van der Waals surface area (Å²) in [5.74, 6) is 1.43. The van der Waals surface area contributed by atoms with Gasteiger partial charge in [-0.2, -0.15) is 0 Å². The molecule has 5 nitrogen and oxygen atoms in total. The van der Waals surface area contributed by atoms with E-state index in [-0.39, 0.29) is 13.0 Å². The van der Waals surface area contributed by atoms with Crippen LogP contribution in [0.25, 0.3) is 0 Å². The second kappa shape index (κ2) is 5.12. The summed E-state index contributed by atoms with van der Waals surface area (Å²) in [6.07, 6.45) is 5.04. The van der Waals surface area contributed by atoms with Crippen LogP contribution in [-0.2, 0) is 4.79 Å². The van der Waals surface area contributed by atoms with Gasteiger partial charge in [0.1, 0.15) is 0 Å². The molecule has 14 heavy (non-hydrogen) atoms. The van der Waals surface area contributed by atoms with E-state index in [9.17, 15) is 9.59 Å². The smallest absolute Gasteiger partial charge is 0.315 e. The van der Waals surface area contributed by atoms with Crippen molar-refractivity contribution >= 4 is 12.0 Å². The first-order valence-electron chi connectivity index (χ1n) is 4.13. The Morgan fingerprint density at radius 2 is 2.07 bits per heavy atom. The van der Waals surface area contributed by atoms with Gasteiger partial charge in [0.05, 0.1) is 12.0 Å². The lowest BCUT2D eigenvalue weighted by molar-refractivity contribution is -0.136. The Morgan fingerprint density at radius 1 is 1.50 bits per heavy atom. The molecule has 2 amide bonds. The molecule has 0 saturated heterocycles. The molecule has 0 spiro atoms. The van der Waals surface area contributed by atoms with Crippen LogP contribution in [0.4, 0.5) is 4.79 Å². The van der Waals surface area contributed by atoms with Crippen molar-refractivity contribution in [2.24, 2.45) is 0 Å². The first-order chi connectivity index (χ1) is 6.37. The lowest BCUT2D eigenvalue weighted by Gasteiger charge is -2.19. The van der Waals surface area contributed by atoms with E-state index in [2.05, 4.69) is 16.6 Å². The average Bonchev–Trinajstić information content (AvgIpc) is 2.02. The predicted molar refractivity (Wildman–Crippen MR) is 51.7 cm³/mol. The third kappa shape index (κ3) is 5.89. The Bertz CT molecular complexity index is 266. The average molecular weight is 198 g/mol. The number of amides is 2. The van der Waals surface area contributed by atoms with E-state index in [0.717, 1.165) is 0 Å². The van der Waals surface area contributed by atoms with Crippen molar-refractivity contribution in [3.63, 3.8) is 0 Å². The number of carbonyl (C=O) groups excluding carboxylic acids is 1. The van der Waals surface area contributed by atoms with Gasteiger partial charge in [0.15, 0.2) is 0 Å². The van der Waals surface area contributed by atoms with E-state index in [4.69, 9.17) is 11.5 Å². The van der Waals surface area contributed by atoms with Gasteiger partial charge in [-0.1, -0.05) is 5.92 Å². The maximum absolute atomic E-state index is 11.1.